The standard InChI is InChI=1S/C20H32O3/c1-14-6-9-18-19(3,13-22)10-5-11-20(18,4)17(14)8-7-16(12-21)15(2)23/h7,12,15,18,22-23H,5-6,8-11,13H2,1-4H3/b16-7-/t15-,18-,19+,20+/m1/s1. The van der Waals surface area contributed by atoms with Crippen LogP contribution in [0.2, 0.25) is 0 Å². The summed E-state index contributed by atoms with van der Waals surface area (Å²) in [4.78, 5) is 11.1. The average Bonchev–Trinajstić information content (AvgIpc) is 2.49. The van der Waals surface area contributed by atoms with Gasteiger partial charge in [-0.05, 0) is 62.7 Å². The van der Waals surface area contributed by atoms with Crippen LogP contribution in [0.25, 0.3) is 0 Å². The van der Waals surface area contributed by atoms with E-state index in [-0.39, 0.29) is 17.4 Å². The molecule has 4 atom stereocenters. The summed E-state index contributed by atoms with van der Waals surface area (Å²) in [5, 5.41) is 19.7. The molecule has 0 aromatic carbocycles. The topological polar surface area (TPSA) is 57.5 Å². The molecule has 23 heavy (non-hydrogen) atoms. The number of aliphatic hydroxyl groups is 2. The van der Waals surface area contributed by atoms with E-state index in [4.69, 9.17) is 0 Å². The highest BCUT2D eigenvalue weighted by atomic mass is 16.3. The molecule has 0 aliphatic heterocycles. The van der Waals surface area contributed by atoms with Crippen molar-refractivity contribution in [1.29, 1.82) is 0 Å². The molecule has 2 N–H and O–H groups in total. The molecule has 0 spiro atoms. The van der Waals surface area contributed by atoms with Crippen molar-refractivity contribution in [2.75, 3.05) is 6.61 Å². The number of aldehydes is 1. The molecule has 0 bridgehead atoms. The minimum Gasteiger partial charge on any atom is -0.396 e. The van der Waals surface area contributed by atoms with E-state index in [2.05, 4.69) is 20.8 Å². The highest BCUT2D eigenvalue weighted by Gasteiger charge is 2.51. The second-order valence-electron chi connectivity index (χ2n) is 8.14. The van der Waals surface area contributed by atoms with Gasteiger partial charge in [-0.25, -0.2) is 0 Å². The Kier molecular flexibility index (Phi) is 5.52. The first kappa shape index (κ1) is 18.4. The van der Waals surface area contributed by atoms with Gasteiger partial charge < -0.3 is 10.2 Å². The number of carbonyl (C=O) groups excluding carboxylic acids is 1. The number of hydrogen-bond donors (Lipinski definition) is 2. The van der Waals surface area contributed by atoms with Gasteiger partial charge in [-0.1, -0.05) is 37.5 Å². The molecule has 3 heteroatoms. The fourth-order valence-electron chi connectivity index (χ4n) is 5.14. The first-order valence-electron chi connectivity index (χ1n) is 8.92. The van der Waals surface area contributed by atoms with Crippen molar-refractivity contribution in [2.24, 2.45) is 16.7 Å². The number of carbonyl (C=O) groups is 1. The lowest BCUT2D eigenvalue weighted by molar-refractivity contribution is -0.105. The van der Waals surface area contributed by atoms with Crippen LogP contribution in [0.5, 0.6) is 0 Å². The fourth-order valence-corrected chi connectivity index (χ4v) is 5.14. The van der Waals surface area contributed by atoms with Crippen LogP contribution in [0, 0.1) is 16.7 Å². The highest BCUT2D eigenvalue weighted by molar-refractivity contribution is 5.74. The second kappa shape index (κ2) is 6.90. The lowest BCUT2D eigenvalue weighted by atomic mass is 9.49. The van der Waals surface area contributed by atoms with Gasteiger partial charge in [0.05, 0.1) is 6.10 Å². The minimum atomic E-state index is -0.713. The van der Waals surface area contributed by atoms with Crippen molar-refractivity contribution in [3.05, 3.63) is 22.8 Å². The molecule has 0 aromatic rings. The summed E-state index contributed by atoms with van der Waals surface area (Å²) in [6.07, 6.45) is 8.29. The van der Waals surface area contributed by atoms with Crippen molar-refractivity contribution < 1.29 is 15.0 Å². The first-order valence-corrected chi connectivity index (χ1v) is 8.92. The largest absolute Gasteiger partial charge is 0.396 e. The van der Waals surface area contributed by atoms with Crippen molar-refractivity contribution in [2.45, 2.75) is 72.3 Å². The zero-order chi connectivity index (χ0) is 17.3. The summed E-state index contributed by atoms with van der Waals surface area (Å²) in [5.41, 5.74) is 3.42. The molecule has 3 nitrogen and oxygen atoms in total. The molecule has 130 valence electrons. The number of hydrogen-bond acceptors (Lipinski definition) is 3. The van der Waals surface area contributed by atoms with E-state index in [1.807, 2.05) is 6.08 Å². The summed E-state index contributed by atoms with van der Waals surface area (Å²) in [6.45, 7) is 8.67. The maximum Gasteiger partial charge on any atom is 0.148 e. The lowest BCUT2D eigenvalue weighted by Crippen LogP contribution is -2.48. The third kappa shape index (κ3) is 3.32. The van der Waals surface area contributed by atoms with Gasteiger partial charge in [0.25, 0.3) is 0 Å². The summed E-state index contributed by atoms with van der Waals surface area (Å²) < 4.78 is 0. The average molecular weight is 320 g/mol. The fraction of sp³-hybridized carbons (Fsp3) is 0.750. The molecule has 1 fully saturated rings. The van der Waals surface area contributed by atoms with Crippen LogP contribution in [0.1, 0.15) is 66.2 Å². The van der Waals surface area contributed by atoms with Crippen molar-refractivity contribution in [1.82, 2.24) is 0 Å². The van der Waals surface area contributed by atoms with Crippen LogP contribution in [0.4, 0.5) is 0 Å². The molecule has 2 aliphatic carbocycles. The molecule has 0 heterocycles. The summed E-state index contributed by atoms with van der Waals surface area (Å²) in [7, 11) is 0. The zero-order valence-corrected chi connectivity index (χ0v) is 15.1. The maximum absolute atomic E-state index is 11.1. The van der Waals surface area contributed by atoms with Crippen LogP contribution >= 0.6 is 0 Å². The Balaban J connectivity index is 2.36. The minimum absolute atomic E-state index is 0.000420. The van der Waals surface area contributed by atoms with Crippen LogP contribution in [-0.4, -0.2) is 29.2 Å². The van der Waals surface area contributed by atoms with Gasteiger partial charge in [-0.3, -0.25) is 4.79 Å². The summed E-state index contributed by atoms with van der Waals surface area (Å²) >= 11 is 0. The Morgan fingerprint density at radius 2 is 2.09 bits per heavy atom. The van der Waals surface area contributed by atoms with E-state index < -0.39 is 6.10 Å². The Hall–Kier alpha value is -0.930. The molecule has 2 rings (SSSR count). The van der Waals surface area contributed by atoms with Gasteiger partial charge in [0, 0.05) is 12.2 Å². The van der Waals surface area contributed by atoms with E-state index in [1.54, 1.807) is 6.92 Å². The van der Waals surface area contributed by atoms with Crippen molar-refractivity contribution in [3.8, 4) is 0 Å². The molecule has 0 aromatic heterocycles. The van der Waals surface area contributed by atoms with Gasteiger partial charge >= 0.3 is 0 Å². The van der Waals surface area contributed by atoms with Gasteiger partial charge in [0.2, 0.25) is 0 Å². The van der Waals surface area contributed by atoms with Crippen LogP contribution in [-0.2, 0) is 4.79 Å². The number of aliphatic hydroxyl groups excluding tert-OH is 2. The summed E-state index contributed by atoms with van der Waals surface area (Å²) in [5.74, 6) is 0.493. The predicted octanol–water partition coefficient (Wildman–Crippen LogP) is 3.80. The lowest BCUT2D eigenvalue weighted by Gasteiger charge is -2.55. The molecule has 0 radical (unpaired) electrons. The van der Waals surface area contributed by atoms with E-state index in [0.29, 0.717) is 11.5 Å². The van der Waals surface area contributed by atoms with E-state index in [1.165, 1.54) is 11.1 Å². The molecular formula is C20H32O3. The van der Waals surface area contributed by atoms with Gasteiger partial charge in [0.1, 0.15) is 6.29 Å². The van der Waals surface area contributed by atoms with Gasteiger partial charge in [-0.2, -0.15) is 0 Å². The first-order chi connectivity index (χ1) is 10.8. The quantitative estimate of drug-likeness (QED) is 0.460. The molecule has 1 saturated carbocycles. The Morgan fingerprint density at radius 3 is 2.65 bits per heavy atom. The molecule has 2 aliphatic rings. The van der Waals surface area contributed by atoms with Crippen LogP contribution in [0.3, 0.4) is 0 Å². The highest BCUT2D eigenvalue weighted by Crippen LogP contribution is 2.60. The Morgan fingerprint density at radius 1 is 1.39 bits per heavy atom. The Bertz CT molecular complexity index is 517. The normalized spacial score (nSPS) is 36.6. The Labute approximate surface area is 140 Å². The molecular weight excluding hydrogens is 288 g/mol. The predicted molar refractivity (Wildman–Crippen MR) is 93.0 cm³/mol. The monoisotopic (exact) mass is 320 g/mol. The molecule has 0 unspecified atom stereocenters. The van der Waals surface area contributed by atoms with E-state index in [9.17, 15) is 15.0 Å². The van der Waals surface area contributed by atoms with Gasteiger partial charge in [-0.15, -0.1) is 0 Å². The third-order valence-corrected chi connectivity index (χ3v) is 6.59. The molecule has 0 amide bonds. The van der Waals surface area contributed by atoms with E-state index in [0.717, 1.165) is 44.8 Å². The van der Waals surface area contributed by atoms with Gasteiger partial charge in [0.15, 0.2) is 0 Å². The van der Waals surface area contributed by atoms with Crippen molar-refractivity contribution >= 4 is 6.29 Å². The number of allylic oxidation sites excluding steroid dienone is 3. The second-order valence-corrected chi connectivity index (χ2v) is 8.14. The summed E-state index contributed by atoms with van der Waals surface area (Å²) in [6, 6.07) is 0. The van der Waals surface area contributed by atoms with Crippen LogP contribution < -0.4 is 0 Å². The van der Waals surface area contributed by atoms with E-state index >= 15 is 0 Å². The maximum atomic E-state index is 11.1. The van der Waals surface area contributed by atoms with Crippen LogP contribution in [0.15, 0.2) is 22.8 Å². The number of fused-ring (bicyclic) bond motifs is 1. The molecule has 0 saturated heterocycles. The van der Waals surface area contributed by atoms with Crippen molar-refractivity contribution in [3.63, 3.8) is 0 Å². The third-order valence-electron chi connectivity index (χ3n) is 6.59. The number of rotatable bonds is 5. The SMILES string of the molecule is CC1=C(C/C=C(/C=O)[C@@H](C)O)[C@]2(C)CCC[C@@](C)(CO)[C@H]2CC1. The smallest absolute Gasteiger partial charge is 0.148 e. The zero-order valence-electron chi connectivity index (χ0n) is 15.1.